The summed E-state index contributed by atoms with van der Waals surface area (Å²) in [6.45, 7) is 6.01. The molecule has 2 heterocycles. The molecule has 0 bridgehead atoms. The van der Waals surface area contributed by atoms with Crippen LogP contribution in [0, 0.1) is 0 Å². The molecule has 152 valence electrons. The molecule has 1 aromatic carbocycles. The van der Waals surface area contributed by atoms with Crippen molar-refractivity contribution in [1.29, 1.82) is 0 Å². The maximum atomic E-state index is 13.2. The van der Waals surface area contributed by atoms with Gasteiger partial charge in [-0.15, -0.1) is 0 Å². The number of aromatic nitrogens is 2. The smallest absolute Gasteiger partial charge is 0.257 e. The monoisotopic (exact) mass is 384 g/mol. The zero-order valence-electron chi connectivity index (χ0n) is 17.3. The number of aryl methyl sites for hydroxylation is 1. The van der Waals surface area contributed by atoms with Crippen LogP contribution in [0.5, 0.6) is 5.75 Å². The van der Waals surface area contributed by atoms with Gasteiger partial charge >= 0.3 is 0 Å². The highest BCUT2D eigenvalue weighted by molar-refractivity contribution is 5.97. The van der Waals surface area contributed by atoms with Crippen molar-refractivity contribution in [2.45, 2.75) is 38.6 Å². The van der Waals surface area contributed by atoms with Crippen molar-refractivity contribution < 1.29 is 9.53 Å². The van der Waals surface area contributed by atoms with Crippen molar-refractivity contribution in [3.05, 3.63) is 48.0 Å². The van der Waals surface area contributed by atoms with E-state index < -0.39 is 0 Å². The second-order valence-electron chi connectivity index (χ2n) is 7.66. The van der Waals surface area contributed by atoms with E-state index in [-0.39, 0.29) is 11.8 Å². The van der Waals surface area contributed by atoms with E-state index in [1.807, 2.05) is 42.3 Å². The highest BCUT2D eigenvalue weighted by Gasteiger charge is 2.29. The standard InChI is InChI=1S/C22H32N4O2/c1-4-28-20-11-6-5-10-19(20)22(27)26-14-7-9-18(17-26)21-23-12-16-25(21)15-8-13-24(2)3/h5-6,10-12,16,18H,4,7-9,13-15,17H2,1-3H3. The van der Waals surface area contributed by atoms with Gasteiger partial charge in [0.05, 0.1) is 12.2 Å². The zero-order valence-corrected chi connectivity index (χ0v) is 17.3. The van der Waals surface area contributed by atoms with Gasteiger partial charge in [-0.05, 0) is 59.0 Å². The first-order chi connectivity index (χ1) is 13.6. The molecule has 6 nitrogen and oxygen atoms in total. The number of ether oxygens (including phenoxy) is 1. The Hall–Kier alpha value is -2.34. The molecule has 28 heavy (non-hydrogen) atoms. The second-order valence-corrected chi connectivity index (χ2v) is 7.66. The number of carbonyl (C=O) groups excluding carboxylic acids is 1. The minimum absolute atomic E-state index is 0.0551. The SMILES string of the molecule is CCOc1ccccc1C(=O)N1CCCC(c2nccn2CCCN(C)C)C1. The van der Waals surface area contributed by atoms with Gasteiger partial charge in [-0.3, -0.25) is 4.79 Å². The molecule has 0 radical (unpaired) electrons. The van der Waals surface area contributed by atoms with Crippen LogP contribution in [0.4, 0.5) is 0 Å². The van der Waals surface area contributed by atoms with Gasteiger partial charge < -0.3 is 19.1 Å². The van der Waals surface area contributed by atoms with Crippen molar-refractivity contribution in [2.24, 2.45) is 0 Å². The largest absolute Gasteiger partial charge is 0.493 e. The van der Waals surface area contributed by atoms with E-state index in [0.29, 0.717) is 24.5 Å². The number of carbonyl (C=O) groups is 1. The summed E-state index contributed by atoms with van der Waals surface area (Å²) in [5.74, 6) is 2.11. The van der Waals surface area contributed by atoms with E-state index in [9.17, 15) is 4.79 Å². The lowest BCUT2D eigenvalue weighted by atomic mass is 9.96. The fraction of sp³-hybridized carbons (Fsp3) is 0.545. The predicted molar refractivity (Wildman–Crippen MR) is 111 cm³/mol. The summed E-state index contributed by atoms with van der Waals surface area (Å²) in [5.41, 5.74) is 0.652. The van der Waals surface area contributed by atoms with Gasteiger partial charge in [0, 0.05) is 37.9 Å². The Morgan fingerprint density at radius 3 is 2.93 bits per heavy atom. The molecular weight excluding hydrogens is 352 g/mol. The summed E-state index contributed by atoms with van der Waals surface area (Å²) in [4.78, 5) is 22.0. The number of likely N-dealkylation sites (tertiary alicyclic amines) is 1. The normalized spacial score (nSPS) is 17.1. The summed E-state index contributed by atoms with van der Waals surface area (Å²) in [6, 6.07) is 7.54. The van der Waals surface area contributed by atoms with Gasteiger partial charge in [-0.25, -0.2) is 4.98 Å². The van der Waals surface area contributed by atoms with E-state index in [1.165, 1.54) is 0 Å². The van der Waals surface area contributed by atoms with Gasteiger partial charge in [-0.1, -0.05) is 12.1 Å². The van der Waals surface area contributed by atoms with Crippen LogP contribution in [-0.2, 0) is 6.54 Å². The van der Waals surface area contributed by atoms with Crippen molar-refractivity contribution in [3.63, 3.8) is 0 Å². The number of benzene rings is 1. The molecule has 0 N–H and O–H groups in total. The molecule has 1 aromatic heterocycles. The fourth-order valence-corrected chi connectivity index (χ4v) is 3.89. The van der Waals surface area contributed by atoms with Gasteiger partial charge in [0.15, 0.2) is 0 Å². The maximum Gasteiger partial charge on any atom is 0.257 e. The van der Waals surface area contributed by atoms with Crippen LogP contribution in [0.3, 0.4) is 0 Å². The van der Waals surface area contributed by atoms with Crippen LogP contribution < -0.4 is 4.74 Å². The van der Waals surface area contributed by atoms with Crippen molar-refractivity contribution in [2.75, 3.05) is 40.3 Å². The molecule has 1 unspecified atom stereocenters. The first kappa shape index (κ1) is 20.4. The highest BCUT2D eigenvalue weighted by atomic mass is 16.5. The quantitative estimate of drug-likeness (QED) is 0.701. The molecule has 0 spiro atoms. The number of para-hydroxylation sites is 1. The summed E-state index contributed by atoms with van der Waals surface area (Å²) < 4.78 is 7.92. The van der Waals surface area contributed by atoms with E-state index in [1.54, 1.807) is 0 Å². The maximum absolute atomic E-state index is 13.2. The van der Waals surface area contributed by atoms with Crippen LogP contribution in [0.15, 0.2) is 36.7 Å². The Bertz CT molecular complexity index is 771. The van der Waals surface area contributed by atoms with Crippen molar-refractivity contribution in [1.82, 2.24) is 19.4 Å². The van der Waals surface area contributed by atoms with E-state index in [0.717, 1.165) is 44.7 Å². The number of piperidine rings is 1. The van der Waals surface area contributed by atoms with E-state index in [2.05, 4.69) is 34.7 Å². The molecular formula is C22H32N4O2. The second kappa shape index (κ2) is 9.73. The molecule has 1 amide bonds. The molecule has 0 saturated carbocycles. The Kier molecular flexibility index (Phi) is 7.09. The molecule has 3 rings (SSSR count). The number of imidazole rings is 1. The minimum Gasteiger partial charge on any atom is -0.493 e. The summed E-state index contributed by atoms with van der Waals surface area (Å²) in [7, 11) is 4.19. The molecule has 1 aliphatic rings. The number of hydrogen-bond acceptors (Lipinski definition) is 4. The van der Waals surface area contributed by atoms with Gasteiger partial charge in [0.1, 0.15) is 11.6 Å². The third-order valence-corrected chi connectivity index (χ3v) is 5.24. The van der Waals surface area contributed by atoms with Gasteiger partial charge in [0.25, 0.3) is 5.91 Å². The number of hydrogen-bond donors (Lipinski definition) is 0. The van der Waals surface area contributed by atoms with Crippen LogP contribution in [-0.4, -0.2) is 65.6 Å². The molecule has 1 atom stereocenters. The Labute approximate surface area is 168 Å². The molecule has 1 aliphatic heterocycles. The van der Waals surface area contributed by atoms with E-state index >= 15 is 0 Å². The predicted octanol–water partition coefficient (Wildman–Crippen LogP) is 3.25. The third-order valence-electron chi connectivity index (χ3n) is 5.24. The van der Waals surface area contributed by atoms with E-state index in [4.69, 9.17) is 4.74 Å². The van der Waals surface area contributed by atoms with Crippen LogP contribution in [0.1, 0.15) is 48.3 Å². The lowest BCUT2D eigenvalue weighted by Crippen LogP contribution is -2.40. The lowest BCUT2D eigenvalue weighted by Gasteiger charge is -2.33. The zero-order chi connectivity index (χ0) is 19.9. The number of rotatable bonds is 8. The summed E-state index contributed by atoms with van der Waals surface area (Å²) in [5, 5.41) is 0. The Balaban J connectivity index is 1.70. The minimum atomic E-state index is 0.0551. The topological polar surface area (TPSA) is 50.6 Å². The van der Waals surface area contributed by atoms with Crippen LogP contribution in [0.2, 0.25) is 0 Å². The first-order valence-electron chi connectivity index (χ1n) is 10.3. The molecule has 0 aliphatic carbocycles. The fourth-order valence-electron chi connectivity index (χ4n) is 3.89. The number of amides is 1. The molecule has 6 heteroatoms. The highest BCUT2D eigenvalue weighted by Crippen LogP contribution is 2.28. The number of nitrogens with zero attached hydrogens (tertiary/aromatic N) is 4. The average Bonchev–Trinajstić information content (AvgIpc) is 3.16. The molecule has 1 saturated heterocycles. The Morgan fingerprint density at radius 1 is 1.32 bits per heavy atom. The Morgan fingerprint density at radius 2 is 2.14 bits per heavy atom. The third kappa shape index (κ3) is 4.93. The van der Waals surface area contributed by atoms with Crippen LogP contribution >= 0.6 is 0 Å². The van der Waals surface area contributed by atoms with Crippen molar-refractivity contribution >= 4 is 5.91 Å². The van der Waals surface area contributed by atoms with Gasteiger partial charge in [-0.2, -0.15) is 0 Å². The molecule has 1 fully saturated rings. The lowest BCUT2D eigenvalue weighted by molar-refractivity contribution is 0.0699. The first-order valence-corrected chi connectivity index (χ1v) is 10.3. The summed E-state index contributed by atoms with van der Waals surface area (Å²) >= 11 is 0. The van der Waals surface area contributed by atoms with Crippen molar-refractivity contribution in [3.8, 4) is 5.75 Å². The van der Waals surface area contributed by atoms with Gasteiger partial charge in [0.2, 0.25) is 0 Å². The summed E-state index contributed by atoms with van der Waals surface area (Å²) in [6.07, 6.45) is 7.11. The molecule has 2 aromatic rings. The average molecular weight is 385 g/mol. The van der Waals surface area contributed by atoms with Crippen LogP contribution in [0.25, 0.3) is 0 Å².